The number of fused-ring (bicyclic) bond motifs is 4. The van der Waals surface area contributed by atoms with E-state index in [-0.39, 0.29) is 5.91 Å². The Bertz CT molecular complexity index is 2010. The van der Waals surface area contributed by atoms with Gasteiger partial charge in [-0.3, -0.25) is 10.1 Å². The number of likely N-dealkylation sites (tertiary alicyclic amines) is 1. The van der Waals surface area contributed by atoms with E-state index in [1.807, 2.05) is 25.2 Å². The van der Waals surface area contributed by atoms with Crippen LogP contribution in [0.3, 0.4) is 0 Å². The minimum Gasteiger partial charge on any atom is -0.494 e. The number of nitrogens with zero attached hydrogens (tertiary/aromatic N) is 5. The predicted octanol–water partition coefficient (Wildman–Crippen LogP) is 6.72. The number of carbonyl (C=O) groups is 2. The van der Waals surface area contributed by atoms with E-state index in [1.165, 1.54) is 26.4 Å². The molecule has 8 rings (SSSR count). The van der Waals surface area contributed by atoms with Crippen molar-refractivity contribution in [1.29, 1.82) is 0 Å². The van der Waals surface area contributed by atoms with Crippen molar-refractivity contribution in [2.75, 3.05) is 26.1 Å². The Morgan fingerprint density at radius 1 is 1.00 bits per heavy atom. The summed E-state index contributed by atoms with van der Waals surface area (Å²) in [5.41, 5.74) is 6.42. The van der Waals surface area contributed by atoms with Gasteiger partial charge in [0, 0.05) is 54.4 Å². The summed E-state index contributed by atoms with van der Waals surface area (Å²) in [5, 5.41) is 3.73. The lowest BCUT2D eigenvalue weighted by Gasteiger charge is -2.27. The number of piperidine rings is 1. The van der Waals surface area contributed by atoms with E-state index in [0.29, 0.717) is 40.9 Å². The maximum absolute atomic E-state index is 13.8. The van der Waals surface area contributed by atoms with Crippen molar-refractivity contribution in [2.24, 2.45) is 24.8 Å². The molecule has 2 unspecified atom stereocenters. The summed E-state index contributed by atoms with van der Waals surface area (Å²) in [5.74, 6) is 3.80. The number of hydrogen-bond donors (Lipinski definition) is 1. The van der Waals surface area contributed by atoms with E-state index in [2.05, 4.69) is 60.3 Å². The highest BCUT2D eigenvalue weighted by Crippen LogP contribution is 2.44. The van der Waals surface area contributed by atoms with Crippen LogP contribution in [0.15, 0.2) is 54.7 Å². The van der Waals surface area contributed by atoms with Crippen LogP contribution in [0.4, 0.5) is 10.6 Å². The standard InChI is InChI=1S/C36H38N6O4/c1-20-25-9-11-28(20)42(19-25)35(43)26-13-27-33(31(16-26)45-3)40(2)34(38-27)30-15-23-8-7-22(14-29(23)41(30)18-21-5-6-21)24-10-12-32(37-17-24)39-36(44)46-4/h7-8,10,12-17,20-21,25,28H,5-6,9,11,18-19H2,1-4H3,(H,37,39,44)/t20-,25?,28?/m1/s1. The van der Waals surface area contributed by atoms with Gasteiger partial charge in [-0.1, -0.05) is 19.1 Å². The molecule has 3 atom stereocenters. The average molecular weight is 619 g/mol. The number of aryl methyl sites for hydroxylation is 1. The second-order valence-electron chi connectivity index (χ2n) is 13.2. The van der Waals surface area contributed by atoms with Crippen LogP contribution in [-0.2, 0) is 18.3 Å². The molecule has 1 N–H and O–H groups in total. The molecule has 236 valence electrons. The molecule has 2 saturated carbocycles. The van der Waals surface area contributed by atoms with Crippen LogP contribution in [-0.4, -0.2) is 62.8 Å². The van der Waals surface area contributed by atoms with Crippen molar-refractivity contribution in [3.63, 3.8) is 0 Å². The van der Waals surface area contributed by atoms with E-state index in [0.717, 1.165) is 64.1 Å². The lowest BCUT2D eigenvalue weighted by Crippen LogP contribution is -2.38. The fourth-order valence-electron chi connectivity index (χ4n) is 7.70. The number of imidazole rings is 1. The maximum atomic E-state index is 13.8. The summed E-state index contributed by atoms with van der Waals surface area (Å²) >= 11 is 0. The molecule has 46 heavy (non-hydrogen) atoms. The Morgan fingerprint density at radius 2 is 1.83 bits per heavy atom. The topological polar surface area (TPSA) is 104 Å². The number of anilines is 1. The van der Waals surface area contributed by atoms with Crippen LogP contribution in [0.1, 0.15) is 43.0 Å². The number of benzene rings is 2. The molecule has 0 radical (unpaired) electrons. The van der Waals surface area contributed by atoms with Gasteiger partial charge in [0.1, 0.15) is 17.1 Å². The van der Waals surface area contributed by atoms with Gasteiger partial charge >= 0.3 is 6.09 Å². The van der Waals surface area contributed by atoms with Gasteiger partial charge in [-0.05, 0) is 85.4 Å². The summed E-state index contributed by atoms with van der Waals surface area (Å²) in [6.45, 7) is 4.03. The zero-order valence-corrected chi connectivity index (χ0v) is 26.6. The Kier molecular flexibility index (Phi) is 6.77. The van der Waals surface area contributed by atoms with Gasteiger partial charge in [-0.15, -0.1) is 0 Å². The summed E-state index contributed by atoms with van der Waals surface area (Å²) in [6.07, 6.45) is 5.95. The first-order valence-electron chi connectivity index (χ1n) is 16.1. The predicted molar refractivity (Wildman–Crippen MR) is 177 cm³/mol. The molecule has 2 amide bonds. The van der Waals surface area contributed by atoms with Crippen LogP contribution < -0.4 is 10.1 Å². The normalized spacial score (nSPS) is 20.5. The minimum atomic E-state index is -0.553. The van der Waals surface area contributed by atoms with Crippen LogP contribution in [0.2, 0.25) is 0 Å². The van der Waals surface area contributed by atoms with Gasteiger partial charge in [0.25, 0.3) is 5.91 Å². The average Bonchev–Trinajstić information content (AvgIpc) is 3.48. The first-order valence-corrected chi connectivity index (χ1v) is 16.1. The largest absolute Gasteiger partial charge is 0.494 e. The van der Waals surface area contributed by atoms with E-state index in [1.54, 1.807) is 19.4 Å². The monoisotopic (exact) mass is 618 g/mol. The second-order valence-corrected chi connectivity index (χ2v) is 13.2. The third-order valence-electron chi connectivity index (χ3n) is 10.5. The van der Waals surface area contributed by atoms with Crippen molar-refractivity contribution in [3.8, 4) is 28.4 Å². The molecule has 1 saturated heterocycles. The number of pyridine rings is 1. The Morgan fingerprint density at radius 3 is 2.50 bits per heavy atom. The summed E-state index contributed by atoms with van der Waals surface area (Å²) in [4.78, 5) is 37.0. The fraction of sp³-hybridized carbons (Fsp3) is 0.389. The molecule has 2 aromatic carbocycles. The molecule has 3 aliphatic rings. The zero-order chi connectivity index (χ0) is 31.7. The number of hydrogen-bond acceptors (Lipinski definition) is 6. The molecule has 3 aromatic heterocycles. The molecule has 2 aliphatic carbocycles. The molecule has 2 bridgehead atoms. The lowest BCUT2D eigenvalue weighted by molar-refractivity contribution is 0.0696. The quantitative estimate of drug-likeness (QED) is 0.217. The number of aromatic nitrogens is 4. The van der Waals surface area contributed by atoms with Crippen LogP contribution in [0.5, 0.6) is 5.75 Å². The number of nitrogens with one attached hydrogen (secondary N) is 1. The van der Waals surface area contributed by atoms with Crippen molar-refractivity contribution < 1.29 is 19.1 Å². The first-order chi connectivity index (χ1) is 22.3. The van der Waals surface area contributed by atoms with E-state index >= 15 is 0 Å². The molecule has 0 spiro atoms. The highest BCUT2D eigenvalue weighted by molar-refractivity contribution is 6.00. The van der Waals surface area contributed by atoms with Crippen LogP contribution in [0.25, 0.3) is 44.6 Å². The van der Waals surface area contributed by atoms with Gasteiger partial charge in [-0.2, -0.15) is 0 Å². The number of ether oxygens (including phenoxy) is 2. The second kappa shape index (κ2) is 10.9. The molecule has 1 aliphatic heterocycles. The molecule has 5 aromatic rings. The third-order valence-corrected chi connectivity index (χ3v) is 10.5. The smallest absolute Gasteiger partial charge is 0.412 e. The Hall–Kier alpha value is -4.86. The van der Waals surface area contributed by atoms with Crippen molar-refractivity contribution in [3.05, 3.63) is 60.3 Å². The van der Waals surface area contributed by atoms with Gasteiger partial charge < -0.3 is 23.5 Å². The number of methoxy groups -OCH3 is 2. The van der Waals surface area contributed by atoms with E-state index < -0.39 is 6.09 Å². The van der Waals surface area contributed by atoms with E-state index in [4.69, 9.17) is 9.72 Å². The van der Waals surface area contributed by atoms with Gasteiger partial charge in [0.2, 0.25) is 0 Å². The highest BCUT2D eigenvalue weighted by Gasteiger charge is 2.46. The molecule has 10 nitrogen and oxygen atoms in total. The third kappa shape index (κ3) is 4.69. The van der Waals surface area contributed by atoms with Gasteiger partial charge in [-0.25, -0.2) is 14.8 Å². The number of rotatable bonds is 7. The number of carbonyl (C=O) groups excluding carboxylic acids is 2. The highest BCUT2D eigenvalue weighted by atomic mass is 16.5. The van der Waals surface area contributed by atoms with Crippen LogP contribution in [0, 0.1) is 17.8 Å². The van der Waals surface area contributed by atoms with Crippen molar-refractivity contribution >= 4 is 39.8 Å². The van der Waals surface area contributed by atoms with Crippen LogP contribution >= 0.6 is 0 Å². The first kappa shape index (κ1) is 28.6. The van der Waals surface area contributed by atoms with Crippen molar-refractivity contribution in [2.45, 2.75) is 45.2 Å². The summed E-state index contributed by atoms with van der Waals surface area (Å²) in [7, 11) is 5.01. The lowest BCUT2D eigenvalue weighted by atomic mass is 10.0. The molecule has 4 heterocycles. The molecular formula is C36H38N6O4. The Balaban J connectivity index is 1.19. The maximum Gasteiger partial charge on any atom is 0.412 e. The van der Waals surface area contributed by atoms with E-state index in [9.17, 15) is 9.59 Å². The zero-order valence-electron chi connectivity index (χ0n) is 26.6. The summed E-state index contributed by atoms with van der Waals surface area (Å²) in [6, 6.07) is 16.5. The van der Waals surface area contributed by atoms with Gasteiger partial charge in [0.05, 0.1) is 25.4 Å². The SMILES string of the molecule is COC(=O)Nc1ccc(-c2ccc3cc(-c4nc5cc(C(=O)N6CC7CCC6[C@@H]7C)cc(OC)c5n4C)n(CC4CC4)c3c2)cn1. The van der Waals surface area contributed by atoms with Crippen molar-refractivity contribution in [1.82, 2.24) is 24.0 Å². The fourth-order valence-corrected chi connectivity index (χ4v) is 7.70. The molecule has 3 fully saturated rings. The number of amides is 2. The van der Waals surface area contributed by atoms with Gasteiger partial charge in [0.15, 0.2) is 5.82 Å². The molecule has 10 heteroatoms. The molecular weight excluding hydrogens is 580 g/mol. The minimum absolute atomic E-state index is 0.0745. The summed E-state index contributed by atoms with van der Waals surface area (Å²) < 4.78 is 15.0. The Labute approximate surface area is 267 Å².